The maximum absolute atomic E-state index is 14.6. The Bertz CT molecular complexity index is 2050. The number of methoxy groups -OCH3 is 2. The first-order valence-corrected chi connectivity index (χ1v) is 17.5. The number of carbonyl (C=O) groups excluding carboxylic acids is 1. The Morgan fingerprint density at radius 2 is 1.73 bits per heavy atom. The molecule has 4 atom stereocenters. The molecule has 0 radical (unpaired) electrons. The van der Waals surface area contributed by atoms with Crippen molar-refractivity contribution in [3.8, 4) is 34.5 Å². The molecule has 266 valence electrons. The van der Waals surface area contributed by atoms with Crippen LogP contribution in [-0.2, 0) is 17.6 Å². The minimum atomic E-state index is -0.961. The zero-order chi connectivity index (χ0) is 35.8. The van der Waals surface area contributed by atoms with Gasteiger partial charge in [0, 0.05) is 24.6 Å². The molecule has 2 heterocycles. The lowest BCUT2D eigenvalue weighted by Gasteiger charge is -2.32. The first kappa shape index (κ1) is 34.1. The molecule has 4 aromatic rings. The monoisotopic (exact) mass is 692 g/mol. The van der Waals surface area contributed by atoms with E-state index in [9.17, 15) is 30.3 Å². The van der Waals surface area contributed by atoms with Crippen molar-refractivity contribution in [3.63, 3.8) is 0 Å². The van der Waals surface area contributed by atoms with Crippen molar-refractivity contribution in [2.75, 3.05) is 26.1 Å². The first-order chi connectivity index (χ1) is 24.6. The topological polar surface area (TPSA) is 161 Å². The molecule has 0 amide bonds. The van der Waals surface area contributed by atoms with Gasteiger partial charge in [0.25, 0.3) is 0 Å². The summed E-state index contributed by atoms with van der Waals surface area (Å²) >= 11 is 0. The van der Waals surface area contributed by atoms with Crippen LogP contribution in [0.1, 0.15) is 66.2 Å². The van der Waals surface area contributed by atoms with E-state index in [4.69, 9.17) is 9.47 Å². The molecule has 0 saturated heterocycles. The van der Waals surface area contributed by atoms with Crippen molar-refractivity contribution in [2.45, 2.75) is 62.9 Å². The maximum Gasteiger partial charge on any atom is 0.200 e. The predicted molar refractivity (Wildman–Crippen MR) is 195 cm³/mol. The summed E-state index contributed by atoms with van der Waals surface area (Å²) in [5, 5.41) is 62.7. The van der Waals surface area contributed by atoms with Crippen LogP contribution in [0.5, 0.6) is 34.5 Å². The largest absolute Gasteiger partial charge is 0.508 e. The van der Waals surface area contributed by atoms with Crippen molar-refractivity contribution in [1.82, 2.24) is 5.32 Å². The number of fused-ring (bicyclic) bond motifs is 1. The summed E-state index contributed by atoms with van der Waals surface area (Å²) in [6, 6.07) is 16.0. The van der Waals surface area contributed by atoms with E-state index in [-0.39, 0.29) is 52.8 Å². The lowest BCUT2D eigenvalue weighted by atomic mass is 9.73. The summed E-state index contributed by atoms with van der Waals surface area (Å²) in [4.78, 5) is 14.6. The number of allylic oxidation sites excluding steroid dienone is 2. The number of rotatable bonds is 7. The van der Waals surface area contributed by atoms with Crippen LogP contribution in [0.15, 0.2) is 78.1 Å². The van der Waals surface area contributed by atoms with Gasteiger partial charge in [-0.15, -0.1) is 0 Å². The molecule has 51 heavy (non-hydrogen) atoms. The Balaban J connectivity index is 1.30. The van der Waals surface area contributed by atoms with E-state index in [1.165, 1.54) is 20.3 Å². The molecular weight excluding hydrogens is 648 g/mol. The molecule has 7 rings (SSSR count). The summed E-state index contributed by atoms with van der Waals surface area (Å²) < 4.78 is 10.7. The third-order valence-electron chi connectivity index (χ3n) is 10.7. The third-order valence-corrected chi connectivity index (χ3v) is 10.7. The van der Waals surface area contributed by atoms with Crippen molar-refractivity contribution in [1.29, 1.82) is 0 Å². The number of hydrogen-bond acceptors (Lipinski definition) is 10. The van der Waals surface area contributed by atoms with Gasteiger partial charge < -0.3 is 45.6 Å². The van der Waals surface area contributed by atoms with E-state index in [0.717, 1.165) is 57.4 Å². The van der Waals surface area contributed by atoms with Gasteiger partial charge in [-0.25, -0.2) is 0 Å². The minimum Gasteiger partial charge on any atom is -0.508 e. The summed E-state index contributed by atoms with van der Waals surface area (Å²) in [5.74, 6) is -0.361. The number of Topliss-reactive ketones (excluding diaryl/α,β-unsaturated/α-hetero) is 1. The molecule has 10 heteroatoms. The second-order valence-corrected chi connectivity index (χ2v) is 13.9. The van der Waals surface area contributed by atoms with E-state index in [1.54, 1.807) is 30.3 Å². The molecule has 2 bridgehead atoms. The molecule has 3 aliphatic rings. The van der Waals surface area contributed by atoms with Gasteiger partial charge >= 0.3 is 0 Å². The van der Waals surface area contributed by atoms with E-state index in [0.29, 0.717) is 43.5 Å². The summed E-state index contributed by atoms with van der Waals surface area (Å²) in [5.41, 5.74) is 5.58. The van der Waals surface area contributed by atoms with Crippen LogP contribution in [0.25, 0.3) is 10.8 Å². The van der Waals surface area contributed by atoms with E-state index in [2.05, 4.69) is 10.6 Å². The summed E-state index contributed by atoms with van der Waals surface area (Å²) in [6.07, 6.45) is 6.38. The Morgan fingerprint density at radius 1 is 0.902 bits per heavy atom. The fourth-order valence-corrected chi connectivity index (χ4v) is 8.15. The second kappa shape index (κ2) is 14.1. The molecule has 4 aromatic carbocycles. The average molecular weight is 693 g/mol. The van der Waals surface area contributed by atoms with Crippen molar-refractivity contribution < 1.29 is 39.8 Å². The Kier molecular flexibility index (Phi) is 9.44. The Hall–Kier alpha value is -5.35. The Labute approximate surface area is 296 Å². The quantitative estimate of drug-likeness (QED) is 0.105. The van der Waals surface area contributed by atoms with Crippen LogP contribution in [0, 0.1) is 5.92 Å². The average Bonchev–Trinajstić information content (AvgIpc) is 3.12. The molecule has 0 fully saturated rings. The van der Waals surface area contributed by atoms with Crippen LogP contribution in [0.2, 0.25) is 0 Å². The van der Waals surface area contributed by atoms with Crippen molar-refractivity contribution in [2.24, 2.45) is 5.92 Å². The highest BCUT2D eigenvalue weighted by Gasteiger charge is 2.34. The highest BCUT2D eigenvalue weighted by Crippen LogP contribution is 2.49. The van der Waals surface area contributed by atoms with E-state index >= 15 is 0 Å². The molecule has 0 saturated carbocycles. The molecular formula is C41H44N2O8. The molecule has 10 nitrogen and oxygen atoms in total. The molecule has 4 unspecified atom stereocenters. The number of phenolic OH excluding ortho intramolecular Hbond substituents is 4. The molecule has 1 aliphatic carbocycles. The van der Waals surface area contributed by atoms with E-state index in [1.807, 2.05) is 30.4 Å². The normalized spacial score (nSPS) is 20.8. The van der Waals surface area contributed by atoms with Gasteiger partial charge in [0.05, 0.1) is 20.3 Å². The standard InChI is InChI=1S/C41H44N2O8/c1-50-36-14-22(4-10-33(36)46)3-9-32(45)30-13-23-11-12-42-38(15-23)43-31-8-7-26-18-29(44)17-25-6-5-24(40(31)39(25)26)16-27(19-34(30)47)28-20-35(48)41(49)37(21-28)51-2/h4,7-8,10-11,14-15,17-18,20-21,24,27,30,32,42-46,48-49H,3,5-6,9,12-13,16,19H2,1-2H3. The number of phenols is 4. The zero-order valence-electron chi connectivity index (χ0n) is 28.8. The number of ketones is 1. The number of aromatic hydroxyl groups is 4. The number of anilines is 1. The van der Waals surface area contributed by atoms with Gasteiger partial charge in [-0.1, -0.05) is 18.2 Å². The lowest BCUT2D eigenvalue weighted by Crippen LogP contribution is -2.31. The molecule has 0 aromatic heterocycles. The minimum absolute atomic E-state index is 0.000732. The number of hydrogen-bond donors (Lipinski definition) is 7. The van der Waals surface area contributed by atoms with Crippen molar-refractivity contribution in [3.05, 3.63) is 100 Å². The number of dihydropyridines is 1. The van der Waals surface area contributed by atoms with Crippen LogP contribution in [0.3, 0.4) is 0 Å². The number of aliphatic hydroxyl groups is 1. The fraction of sp³-hybridized carbons (Fsp3) is 0.341. The number of nitrogens with one attached hydrogen (secondary N) is 2. The lowest BCUT2D eigenvalue weighted by molar-refractivity contribution is -0.127. The number of ether oxygens (including phenoxy) is 2. The SMILES string of the molecule is COc1cc(CCC(O)C2CC3=CCNC(=C3)Nc3ccc4cc(O)cc5c4c3C(CC5)CC(c3cc(O)c(O)c(OC)c3)CC2=O)ccc1O. The Morgan fingerprint density at radius 3 is 2.53 bits per heavy atom. The third kappa shape index (κ3) is 6.88. The van der Waals surface area contributed by atoms with Crippen LogP contribution in [-0.4, -0.2) is 58.2 Å². The number of benzene rings is 4. The zero-order valence-corrected chi connectivity index (χ0v) is 28.8. The highest BCUT2D eigenvalue weighted by atomic mass is 16.5. The van der Waals surface area contributed by atoms with Gasteiger partial charge in [0.15, 0.2) is 23.0 Å². The number of aliphatic hydroxyl groups excluding tert-OH is 1. The van der Waals surface area contributed by atoms with Gasteiger partial charge in [-0.05, 0) is 138 Å². The van der Waals surface area contributed by atoms with Gasteiger partial charge in [0.2, 0.25) is 5.75 Å². The van der Waals surface area contributed by atoms with Gasteiger partial charge in [-0.2, -0.15) is 0 Å². The van der Waals surface area contributed by atoms with E-state index < -0.39 is 12.0 Å². The van der Waals surface area contributed by atoms with Gasteiger partial charge in [0.1, 0.15) is 17.4 Å². The van der Waals surface area contributed by atoms with Crippen LogP contribution < -0.4 is 20.1 Å². The molecule has 0 spiro atoms. The second-order valence-electron chi connectivity index (χ2n) is 13.9. The first-order valence-electron chi connectivity index (χ1n) is 17.5. The highest BCUT2D eigenvalue weighted by molar-refractivity contribution is 5.95. The van der Waals surface area contributed by atoms with Crippen LogP contribution in [0.4, 0.5) is 5.69 Å². The number of aryl methyl sites for hydroxylation is 2. The summed E-state index contributed by atoms with van der Waals surface area (Å²) in [7, 11) is 2.91. The molecule has 7 N–H and O–H groups in total. The number of carbonyl (C=O) groups is 1. The van der Waals surface area contributed by atoms with Crippen molar-refractivity contribution >= 4 is 22.2 Å². The smallest absolute Gasteiger partial charge is 0.200 e. The molecule has 2 aliphatic heterocycles. The predicted octanol–water partition coefficient (Wildman–Crippen LogP) is 6.64. The van der Waals surface area contributed by atoms with Gasteiger partial charge in [-0.3, -0.25) is 4.79 Å². The summed E-state index contributed by atoms with van der Waals surface area (Å²) in [6.45, 7) is 0.555. The van der Waals surface area contributed by atoms with Crippen LogP contribution >= 0.6 is 0 Å². The maximum atomic E-state index is 14.6. The fourth-order valence-electron chi connectivity index (χ4n) is 8.15.